The molecule has 0 radical (unpaired) electrons. The third-order valence-electron chi connectivity index (χ3n) is 9.32. The van der Waals surface area contributed by atoms with Crippen molar-refractivity contribution in [3.8, 4) is 6.07 Å². The van der Waals surface area contributed by atoms with E-state index in [1.54, 1.807) is 23.1 Å². The number of carbonyl (C=O) groups excluding carboxylic acids is 3. The molecule has 12 nitrogen and oxygen atoms in total. The lowest BCUT2D eigenvalue weighted by Crippen LogP contribution is -2.44. The number of piperidine rings is 1. The van der Waals surface area contributed by atoms with Crippen molar-refractivity contribution >= 4 is 29.4 Å². The number of esters is 1. The molecule has 0 bridgehead atoms. The number of ether oxygens (including phenoxy) is 1. The molecule has 2 atom stereocenters. The van der Waals surface area contributed by atoms with Crippen LogP contribution in [-0.2, 0) is 31.7 Å². The first-order chi connectivity index (χ1) is 24.0. The van der Waals surface area contributed by atoms with E-state index in [4.69, 9.17) is 11.0 Å². The lowest BCUT2D eigenvalue weighted by Gasteiger charge is -2.34. The Morgan fingerprint density at radius 3 is 2.42 bits per heavy atom. The second-order valence-corrected chi connectivity index (χ2v) is 12.9. The van der Waals surface area contributed by atoms with E-state index in [2.05, 4.69) is 31.4 Å². The SMILES string of the molecule is COC(=O)C(N)CCCCNC(=O)CCCC1CCN(c2cc(N3CCCC3C(=O)NCCc3ccc(C#N)cc3)nc(C(F)(F)F)n2)CC1. The summed E-state index contributed by atoms with van der Waals surface area (Å²) in [5.74, 6) is -1.34. The van der Waals surface area contributed by atoms with Gasteiger partial charge in [0.1, 0.15) is 23.7 Å². The predicted octanol–water partition coefficient (Wildman–Crippen LogP) is 3.87. The zero-order valence-electron chi connectivity index (χ0n) is 28.5. The number of hydrogen-bond donors (Lipinski definition) is 3. The summed E-state index contributed by atoms with van der Waals surface area (Å²) in [6.45, 7) is 2.32. The van der Waals surface area contributed by atoms with Gasteiger partial charge in [-0.2, -0.15) is 18.4 Å². The molecule has 50 heavy (non-hydrogen) atoms. The quantitative estimate of drug-likeness (QED) is 0.173. The number of carbonyl (C=O) groups is 3. The third-order valence-corrected chi connectivity index (χ3v) is 9.32. The molecular weight excluding hydrogens is 653 g/mol. The molecule has 4 rings (SSSR count). The lowest BCUT2D eigenvalue weighted by molar-refractivity contribution is -0.145. The lowest BCUT2D eigenvalue weighted by atomic mass is 9.91. The van der Waals surface area contributed by atoms with E-state index in [0.717, 1.165) is 24.8 Å². The maximum Gasteiger partial charge on any atom is 0.451 e. The van der Waals surface area contributed by atoms with Crippen molar-refractivity contribution in [2.75, 3.05) is 49.6 Å². The topological polar surface area (TPSA) is 167 Å². The van der Waals surface area contributed by atoms with E-state index in [1.807, 2.05) is 17.0 Å². The molecule has 2 aromatic rings. The fourth-order valence-electron chi connectivity index (χ4n) is 6.44. The van der Waals surface area contributed by atoms with E-state index in [0.29, 0.717) is 95.6 Å². The van der Waals surface area contributed by atoms with Crippen LogP contribution in [0.3, 0.4) is 0 Å². The summed E-state index contributed by atoms with van der Waals surface area (Å²) in [5, 5.41) is 14.8. The first-order valence-corrected chi connectivity index (χ1v) is 17.3. The monoisotopic (exact) mass is 700 g/mol. The Bertz CT molecular complexity index is 1480. The zero-order valence-corrected chi connectivity index (χ0v) is 28.5. The molecule has 2 fully saturated rings. The van der Waals surface area contributed by atoms with Crippen LogP contribution in [0.5, 0.6) is 0 Å². The van der Waals surface area contributed by atoms with Crippen LogP contribution in [0.4, 0.5) is 24.8 Å². The fraction of sp³-hybridized carbons (Fsp3) is 0.600. The molecule has 2 amide bonds. The molecule has 272 valence electrons. The van der Waals surface area contributed by atoms with E-state index in [1.165, 1.54) is 7.11 Å². The molecule has 3 heterocycles. The number of nitrogens with zero attached hydrogens (tertiary/aromatic N) is 5. The average Bonchev–Trinajstić information content (AvgIpc) is 3.61. The highest BCUT2D eigenvalue weighted by atomic mass is 19.4. The van der Waals surface area contributed by atoms with Gasteiger partial charge in [-0.25, -0.2) is 9.97 Å². The number of nitriles is 1. The molecule has 0 aliphatic carbocycles. The number of halogens is 3. The smallest absolute Gasteiger partial charge is 0.451 e. The number of nitrogens with two attached hydrogens (primary N) is 1. The van der Waals surface area contributed by atoms with Crippen LogP contribution in [-0.4, -0.2) is 79.7 Å². The largest absolute Gasteiger partial charge is 0.468 e. The van der Waals surface area contributed by atoms with E-state index < -0.39 is 30.1 Å². The molecule has 2 unspecified atom stereocenters. The molecule has 2 saturated heterocycles. The predicted molar refractivity (Wildman–Crippen MR) is 181 cm³/mol. The number of methoxy groups -OCH3 is 1. The van der Waals surface area contributed by atoms with Gasteiger partial charge >= 0.3 is 12.1 Å². The summed E-state index contributed by atoms with van der Waals surface area (Å²) >= 11 is 0. The number of aromatic nitrogens is 2. The molecule has 2 aliphatic heterocycles. The van der Waals surface area contributed by atoms with Crippen LogP contribution in [0.2, 0.25) is 0 Å². The summed E-state index contributed by atoms with van der Waals surface area (Å²) in [6.07, 6.45) is 2.32. The maximum absolute atomic E-state index is 14.0. The van der Waals surface area contributed by atoms with Crippen molar-refractivity contribution in [3.63, 3.8) is 0 Å². The highest BCUT2D eigenvalue weighted by molar-refractivity contribution is 5.85. The molecule has 1 aromatic carbocycles. The number of rotatable bonds is 16. The molecule has 15 heteroatoms. The van der Waals surface area contributed by atoms with Gasteiger partial charge in [0.05, 0.1) is 18.7 Å². The number of amides is 2. The Kier molecular flexibility index (Phi) is 14.2. The Morgan fingerprint density at radius 2 is 1.74 bits per heavy atom. The van der Waals surface area contributed by atoms with Gasteiger partial charge in [-0.3, -0.25) is 14.4 Å². The minimum absolute atomic E-state index is 0.0342. The highest BCUT2D eigenvalue weighted by Gasteiger charge is 2.39. The summed E-state index contributed by atoms with van der Waals surface area (Å²) in [6, 6.07) is 9.41. The van der Waals surface area contributed by atoms with Crippen molar-refractivity contribution in [2.45, 2.75) is 88.9 Å². The van der Waals surface area contributed by atoms with E-state index in [9.17, 15) is 27.6 Å². The Hall–Kier alpha value is -4.45. The standard InChI is InChI=1S/C35H47F3N8O4/c1-50-33(49)27(40)7-2-3-17-41-31(47)9-4-6-24-15-20-45(21-16-24)29-22-30(44-34(43-29)35(36,37)38)46-19-5-8-28(46)32(48)42-18-14-25-10-12-26(23-39)13-11-25/h10-13,22,24,27-28H,2-9,14-21,40H2,1H3,(H,41,47)(H,42,48). The van der Waals surface area contributed by atoms with Gasteiger partial charge in [0.2, 0.25) is 17.6 Å². The Morgan fingerprint density at radius 1 is 1.02 bits per heavy atom. The van der Waals surface area contributed by atoms with Crippen LogP contribution < -0.4 is 26.2 Å². The summed E-state index contributed by atoms with van der Waals surface area (Å²) in [7, 11) is 1.30. The van der Waals surface area contributed by atoms with Gasteiger partial charge in [0.15, 0.2) is 0 Å². The number of hydrogen-bond acceptors (Lipinski definition) is 10. The summed E-state index contributed by atoms with van der Waals surface area (Å²) in [5.41, 5.74) is 7.22. The van der Waals surface area contributed by atoms with Gasteiger partial charge in [-0.15, -0.1) is 0 Å². The molecule has 4 N–H and O–H groups in total. The van der Waals surface area contributed by atoms with Crippen molar-refractivity contribution in [3.05, 3.63) is 47.3 Å². The minimum atomic E-state index is -4.75. The van der Waals surface area contributed by atoms with E-state index >= 15 is 0 Å². The molecule has 2 aliphatic rings. The third kappa shape index (κ3) is 11.3. The maximum atomic E-state index is 14.0. The van der Waals surface area contributed by atoms with Gasteiger partial charge in [-0.1, -0.05) is 12.1 Å². The molecule has 0 spiro atoms. The number of unbranched alkanes of at least 4 members (excludes halogenated alkanes) is 1. The van der Waals surface area contributed by atoms with Crippen LogP contribution in [0.1, 0.15) is 81.2 Å². The van der Waals surface area contributed by atoms with Crippen molar-refractivity contribution in [1.82, 2.24) is 20.6 Å². The van der Waals surface area contributed by atoms with Crippen molar-refractivity contribution in [2.24, 2.45) is 11.7 Å². The van der Waals surface area contributed by atoms with Crippen LogP contribution in [0, 0.1) is 17.2 Å². The van der Waals surface area contributed by atoms with Crippen LogP contribution in [0.15, 0.2) is 30.3 Å². The fourth-order valence-corrected chi connectivity index (χ4v) is 6.44. The number of nitrogens with one attached hydrogen (secondary N) is 2. The van der Waals surface area contributed by atoms with Gasteiger partial charge in [0, 0.05) is 45.2 Å². The molecule has 0 saturated carbocycles. The van der Waals surface area contributed by atoms with Crippen molar-refractivity contribution < 1.29 is 32.3 Å². The number of benzene rings is 1. The zero-order chi connectivity index (χ0) is 36.1. The van der Waals surface area contributed by atoms with Gasteiger partial charge in [0.25, 0.3) is 0 Å². The second-order valence-electron chi connectivity index (χ2n) is 12.9. The first kappa shape index (κ1) is 38.4. The molecule has 1 aromatic heterocycles. The molecular formula is C35H47F3N8O4. The van der Waals surface area contributed by atoms with Crippen LogP contribution >= 0.6 is 0 Å². The van der Waals surface area contributed by atoms with Gasteiger partial charge in [-0.05, 0) is 87.8 Å². The Labute approximate surface area is 290 Å². The number of anilines is 2. The van der Waals surface area contributed by atoms with E-state index in [-0.39, 0.29) is 23.5 Å². The van der Waals surface area contributed by atoms with Gasteiger partial charge < -0.3 is 30.9 Å². The van der Waals surface area contributed by atoms with Crippen LogP contribution in [0.25, 0.3) is 0 Å². The second kappa shape index (κ2) is 18.5. The number of alkyl halides is 3. The first-order valence-electron chi connectivity index (χ1n) is 17.3. The normalized spacial score (nSPS) is 17.2. The van der Waals surface area contributed by atoms with Crippen molar-refractivity contribution in [1.29, 1.82) is 5.26 Å². The summed E-state index contributed by atoms with van der Waals surface area (Å²) in [4.78, 5) is 48.0. The average molecular weight is 701 g/mol. The highest BCUT2D eigenvalue weighted by Crippen LogP contribution is 2.34. The summed E-state index contributed by atoms with van der Waals surface area (Å²) < 4.78 is 46.5. The minimum Gasteiger partial charge on any atom is -0.468 e. The Balaban J connectivity index is 1.25.